The minimum absolute atomic E-state index is 0.0575. The second kappa shape index (κ2) is 6.21. The quantitative estimate of drug-likeness (QED) is 0.395. The normalized spacial score (nSPS) is 11.2. The van der Waals surface area contributed by atoms with E-state index in [1.807, 2.05) is 5.43 Å². The zero-order valence-electron chi connectivity index (χ0n) is 11.9. The molecule has 0 radical (unpaired) electrons. The number of sulfonamides is 1. The number of aryl methyl sites for hydroxylation is 1. The van der Waals surface area contributed by atoms with Gasteiger partial charge in [-0.2, -0.15) is 0 Å². The molecule has 20 heavy (non-hydrogen) atoms. The van der Waals surface area contributed by atoms with E-state index >= 15 is 0 Å². The summed E-state index contributed by atoms with van der Waals surface area (Å²) in [5.74, 6) is 5.10. The molecule has 0 fully saturated rings. The van der Waals surface area contributed by atoms with Gasteiger partial charge in [-0.25, -0.2) is 19.0 Å². The number of ether oxygens (including phenoxy) is 1. The highest BCUT2D eigenvalue weighted by atomic mass is 32.2. The molecule has 0 saturated carbocycles. The maximum absolute atomic E-state index is 12.1. The molecule has 8 heteroatoms. The number of hydrazine groups is 1. The molecule has 7 nitrogen and oxygen atoms in total. The molecule has 1 amide bonds. The van der Waals surface area contributed by atoms with Gasteiger partial charge in [0.05, 0.1) is 18.4 Å². The van der Waals surface area contributed by atoms with Crippen molar-refractivity contribution in [3.63, 3.8) is 0 Å². The fourth-order valence-corrected chi connectivity index (χ4v) is 3.31. The summed E-state index contributed by atoms with van der Waals surface area (Å²) in [6, 6.07) is 1.59. The summed E-state index contributed by atoms with van der Waals surface area (Å²) in [5.41, 5.74) is 3.53. The Kier molecular flexibility index (Phi) is 5.09. The molecule has 1 aromatic rings. The van der Waals surface area contributed by atoms with Crippen LogP contribution in [0.4, 0.5) is 0 Å². The summed E-state index contributed by atoms with van der Waals surface area (Å²) in [6.07, 6.45) is -0.0575. The number of methoxy groups -OCH3 is 1. The summed E-state index contributed by atoms with van der Waals surface area (Å²) in [7, 11) is -0.817. The molecule has 0 atom stereocenters. The van der Waals surface area contributed by atoms with Crippen molar-refractivity contribution in [3.8, 4) is 5.75 Å². The van der Waals surface area contributed by atoms with Crippen LogP contribution in [0.5, 0.6) is 5.75 Å². The highest BCUT2D eigenvalue weighted by molar-refractivity contribution is 7.89. The lowest BCUT2D eigenvalue weighted by atomic mass is 10.0. The number of hydrogen-bond donors (Lipinski definition) is 3. The van der Waals surface area contributed by atoms with Crippen LogP contribution in [0, 0.1) is 13.8 Å². The summed E-state index contributed by atoms with van der Waals surface area (Å²) in [4.78, 5) is 11.6. The van der Waals surface area contributed by atoms with Crippen LogP contribution in [0.25, 0.3) is 0 Å². The van der Waals surface area contributed by atoms with E-state index in [0.29, 0.717) is 22.4 Å². The van der Waals surface area contributed by atoms with Gasteiger partial charge in [0.2, 0.25) is 15.9 Å². The Morgan fingerprint density at radius 3 is 2.45 bits per heavy atom. The monoisotopic (exact) mass is 301 g/mol. The topological polar surface area (TPSA) is 111 Å². The van der Waals surface area contributed by atoms with Gasteiger partial charge in [0, 0.05) is 5.56 Å². The number of nitrogens with one attached hydrogen (secondary N) is 2. The van der Waals surface area contributed by atoms with Crippen molar-refractivity contribution in [2.75, 3.05) is 14.2 Å². The highest BCUT2D eigenvalue weighted by Crippen LogP contribution is 2.31. The third kappa shape index (κ3) is 3.09. The molecule has 1 aromatic carbocycles. The Hall–Kier alpha value is -1.64. The number of carbonyl (C=O) groups is 1. The minimum Gasteiger partial charge on any atom is -0.496 e. The fourth-order valence-electron chi connectivity index (χ4n) is 2.10. The lowest BCUT2D eigenvalue weighted by Crippen LogP contribution is -2.32. The second-order valence-electron chi connectivity index (χ2n) is 4.28. The maximum Gasteiger partial charge on any atom is 0.240 e. The van der Waals surface area contributed by atoms with Crippen LogP contribution in [-0.2, 0) is 21.2 Å². The predicted molar refractivity (Wildman–Crippen MR) is 74.7 cm³/mol. The van der Waals surface area contributed by atoms with Gasteiger partial charge in [-0.05, 0) is 38.1 Å². The molecule has 112 valence electrons. The second-order valence-corrected chi connectivity index (χ2v) is 6.10. The van der Waals surface area contributed by atoms with Crippen molar-refractivity contribution < 1.29 is 17.9 Å². The fraction of sp³-hybridized carbons (Fsp3) is 0.417. The van der Waals surface area contributed by atoms with Gasteiger partial charge < -0.3 is 4.74 Å². The van der Waals surface area contributed by atoms with Crippen LogP contribution in [0.3, 0.4) is 0 Å². The Morgan fingerprint density at radius 2 is 2.00 bits per heavy atom. The molecule has 1 rings (SSSR count). The number of rotatable bonds is 5. The van der Waals surface area contributed by atoms with Crippen molar-refractivity contribution in [1.29, 1.82) is 0 Å². The molecule has 0 aliphatic rings. The van der Waals surface area contributed by atoms with Gasteiger partial charge in [-0.1, -0.05) is 0 Å². The van der Waals surface area contributed by atoms with E-state index in [-0.39, 0.29) is 11.3 Å². The van der Waals surface area contributed by atoms with Crippen molar-refractivity contribution in [2.24, 2.45) is 5.84 Å². The van der Waals surface area contributed by atoms with Gasteiger partial charge in [-0.15, -0.1) is 0 Å². The molecule has 0 heterocycles. The SMILES string of the molecule is CNS(=O)(=O)c1c(C)cc(OC)c(CC(=O)NN)c1C. The first kappa shape index (κ1) is 16.4. The third-order valence-electron chi connectivity index (χ3n) is 3.05. The van der Waals surface area contributed by atoms with E-state index in [1.165, 1.54) is 14.2 Å². The minimum atomic E-state index is -3.62. The molecule has 0 aliphatic carbocycles. The zero-order valence-corrected chi connectivity index (χ0v) is 12.7. The molecular formula is C12H19N3O4S. The Bertz CT molecular complexity index is 626. The average molecular weight is 301 g/mol. The first-order valence-corrected chi connectivity index (χ1v) is 7.36. The van der Waals surface area contributed by atoms with Crippen molar-refractivity contribution in [3.05, 3.63) is 22.8 Å². The van der Waals surface area contributed by atoms with E-state index in [2.05, 4.69) is 4.72 Å². The lowest BCUT2D eigenvalue weighted by Gasteiger charge is -2.17. The van der Waals surface area contributed by atoms with Crippen LogP contribution >= 0.6 is 0 Å². The summed E-state index contributed by atoms with van der Waals surface area (Å²) >= 11 is 0. The molecule has 4 N–H and O–H groups in total. The maximum atomic E-state index is 12.1. The van der Waals surface area contributed by atoms with Crippen LogP contribution in [0.2, 0.25) is 0 Å². The van der Waals surface area contributed by atoms with E-state index in [9.17, 15) is 13.2 Å². The van der Waals surface area contributed by atoms with E-state index in [4.69, 9.17) is 10.6 Å². The Morgan fingerprint density at radius 1 is 1.40 bits per heavy atom. The molecule has 0 unspecified atom stereocenters. The Balaban J connectivity index is 3.58. The number of benzene rings is 1. The van der Waals surface area contributed by atoms with Gasteiger partial charge >= 0.3 is 0 Å². The van der Waals surface area contributed by atoms with E-state index in [0.717, 1.165) is 0 Å². The van der Waals surface area contributed by atoms with Crippen molar-refractivity contribution in [1.82, 2.24) is 10.1 Å². The zero-order chi connectivity index (χ0) is 15.5. The third-order valence-corrected chi connectivity index (χ3v) is 4.76. The molecule has 0 bridgehead atoms. The van der Waals surface area contributed by atoms with Gasteiger partial charge in [0.1, 0.15) is 5.75 Å². The predicted octanol–water partition coefficient (Wildman–Crippen LogP) is -0.247. The van der Waals surface area contributed by atoms with Crippen molar-refractivity contribution in [2.45, 2.75) is 25.2 Å². The first-order valence-electron chi connectivity index (χ1n) is 5.88. The number of carbonyl (C=O) groups excluding carboxylic acids is 1. The number of nitrogens with two attached hydrogens (primary N) is 1. The van der Waals surface area contributed by atoms with Crippen molar-refractivity contribution >= 4 is 15.9 Å². The molecule has 0 saturated heterocycles. The number of hydrogen-bond acceptors (Lipinski definition) is 5. The van der Waals surface area contributed by atoms with E-state index < -0.39 is 15.9 Å². The van der Waals surface area contributed by atoms with Crippen LogP contribution in [-0.4, -0.2) is 28.5 Å². The summed E-state index contributed by atoms with van der Waals surface area (Å²) in [5, 5.41) is 0. The molecule has 0 aromatic heterocycles. The lowest BCUT2D eigenvalue weighted by molar-refractivity contribution is -0.120. The smallest absolute Gasteiger partial charge is 0.240 e. The Labute approximate surface area is 118 Å². The van der Waals surface area contributed by atoms with Gasteiger partial charge in [0.25, 0.3) is 0 Å². The van der Waals surface area contributed by atoms with E-state index in [1.54, 1.807) is 19.9 Å². The van der Waals surface area contributed by atoms with Gasteiger partial charge in [0.15, 0.2) is 0 Å². The average Bonchev–Trinajstić information content (AvgIpc) is 2.40. The summed E-state index contributed by atoms with van der Waals surface area (Å²) in [6.45, 7) is 3.31. The largest absolute Gasteiger partial charge is 0.496 e. The van der Waals surface area contributed by atoms with Crippen LogP contribution in [0.15, 0.2) is 11.0 Å². The van der Waals surface area contributed by atoms with Crippen LogP contribution < -0.4 is 20.7 Å². The summed E-state index contributed by atoms with van der Waals surface area (Å²) < 4.78 is 31.6. The standard InChI is InChI=1S/C12H19N3O4S/c1-7-5-10(19-4)9(6-11(16)15-13)8(2)12(7)20(17,18)14-3/h5,14H,6,13H2,1-4H3,(H,15,16). The molecule has 0 aliphatic heterocycles. The number of amides is 1. The highest BCUT2D eigenvalue weighted by Gasteiger charge is 2.23. The molecular weight excluding hydrogens is 282 g/mol. The van der Waals surface area contributed by atoms with Gasteiger partial charge in [-0.3, -0.25) is 10.2 Å². The molecule has 0 spiro atoms. The first-order chi connectivity index (χ1) is 9.28. The van der Waals surface area contributed by atoms with Crippen LogP contribution in [0.1, 0.15) is 16.7 Å².